The molecule has 2 nitrogen and oxygen atoms in total. The van der Waals surface area contributed by atoms with Crippen molar-refractivity contribution >= 4 is 31.9 Å². The summed E-state index contributed by atoms with van der Waals surface area (Å²) in [5.41, 5.74) is 1.19. The molecule has 4 heteroatoms. The molecule has 0 aliphatic carbocycles. The fraction of sp³-hybridized carbons (Fsp3) is 0.333. The Morgan fingerprint density at radius 1 is 1.44 bits per heavy atom. The van der Waals surface area contributed by atoms with E-state index in [0.717, 1.165) is 21.2 Å². The summed E-state index contributed by atoms with van der Waals surface area (Å²) in [6, 6.07) is 4.40. The number of nitrogens with one attached hydrogen (secondary N) is 1. The highest BCUT2D eigenvalue weighted by Crippen LogP contribution is 2.34. The van der Waals surface area contributed by atoms with E-state index in [0.29, 0.717) is 6.04 Å². The first-order valence-electron chi connectivity index (χ1n) is 4.96. The Morgan fingerprint density at radius 2 is 2.00 bits per heavy atom. The zero-order valence-corrected chi connectivity index (χ0v) is 12.6. The van der Waals surface area contributed by atoms with Crippen LogP contribution in [-0.2, 0) is 6.54 Å². The fourth-order valence-electron chi connectivity index (χ4n) is 1.27. The molecule has 1 unspecified atom stereocenters. The molecule has 0 heterocycles. The number of rotatable bonds is 5. The number of halogens is 2. The summed E-state index contributed by atoms with van der Waals surface area (Å²) in [7, 11) is 1.66. The van der Waals surface area contributed by atoms with Crippen molar-refractivity contribution in [3.63, 3.8) is 0 Å². The first-order chi connectivity index (χ1) is 7.58. The van der Waals surface area contributed by atoms with E-state index >= 15 is 0 Å². The third kappa shape index (κ3) is 3.61. The van der Waals surface area contributed by atoms with E-state index in [1.165, 1.54) is 5.56 Å². The molecular formula is C12H15Br2NO. The van der Waals surface area contributed by atoms with Crippen LogP contribution in [0.3, 0.4) is 0 Å². The normalized spacial score (nSPS) is 12.2. The number of hydrogen-bond acceptors (Lipinski definition) is 2. The third-order valence-corrected chi connectivity index (χ3v) is 3.42. The van der Waals surface area contributed by atoms with E-state index in [9.17, 15) is 0 Å². The highest BCUT2D eigenvalue weighted by atomic mass is 79.9. The Bertz CT molecular complexity index is 356. The minimum absolute atomic E-state index is 0.305. The first kappa shape index (κ1) is 13.7. The molecule has 1 aromatic carbocycles. The van der Waals surface area contributed by atoms with Gasteiger partial charge in [-0.25, -0.2) is 0 Å². The van der Waals surface area contributed by atoms with Crippen molar-refractivity contribution < 1.29 is 4.74 Å². The van der Waals surface area contributed by atoms with Gasteiger partial charge in [-0.3, -0.25) is 0 Å². The summed E-state index contributed by atoms with van der Waals surface area (Å²) in [4.78, 5) is 0. The first-order valence-corrected chi connectivity index (χ1v) is 6.55. The molecule has 0 saturated heterocycles. The molecule has 0 aliphatic rings. The van der Waals surface area contributed by atoms with Crippen LogP contribution < -0.4 is 10.1 Å². The molecule has 0 bridgehead atoms. The number of benzene rings is 1. The molecule has 88 valence electrons. The second-order valence-corrected chi connectivity index (χ2v) is 5.21. The second-order valence-electron chi connectivity index (χ2n) is 3.50. The average Bonchev–Trinajstić information content (AvgIpc) is 2.25. The Kier molecular flexibility index (Phi) is 5.52. The Labute approximate surface area is 113 Å². The van der Waals surface area contributed by atoms with E-state index in [2.05, 4.69) is 50.7 Å². The monoisotopic (exact) mass is 347 g/mol. The average molecular weight is 349 g/mol. The van der Waals surface area contributed by atoms with Crippen LogP contribution in [-0.4, -0.2) is 13.2 Å². The largest absolute Gasteiger partial charge is 0.494 e. The van der Waals surface area contributed by atoms with Gasteiger partial charge in [0.15, 0.2) is 0 Å². The topological polar surface area (TPSA) is 21.3 Å². The Morgan fingerprint density at radius 3 is 2.44 bits per heavy atom. The molecule has 0 spiro atoms. The van der Waals surface area contributed by atoms with E-state index in [1.807, 2.05) is 18.2 Å². The van der Waals surface area contributed by atoms with E-state index in [4.69, 9.17) is 4.74 Å². The van der Waals surface area contributed by atoms with Crippen LogP contribution in [0.15, 0.2) is 33.7 Å². The van der Waals surface area contributed by atoms with Gasteiger partial charge in [0.05, 0.1) is 16.1 Å². The quantitative estimate of drug-likeness (QED) is 0.815. The van der Waals surface area contributed by atoms with Crippen LogP contribution >= 0.6 is 31.9 Å². The van der Waals surface area contributed by atoms with Gasteiger partial charge < -0.3 is 10.1 Å². The zero-order valence-electron chi connectivity index (χ0n) is 9.39. The van der Waals surface area contributed by atoms with Gasteiger partial charge >= 0.3 is 0 Å². The van der Waals surface area contributed by atoms with E-state index < -0.39 is 0 Å². The molecule has 0 amide bonds. The maximum absolute atomic E-state index is 5.25. The zero-order chi connectivity index (χ0) is 12.1. The lowest BCUT2D eigenvalue weighted by Crippen LogP contribution is -2.22. The molecule has 1 aromatic rings. The van der Waals surface area contributed by atoms with Crippen LogP contribution in [0.5, 0.6) is 5.75 Å². The van der Waals surface area contributed by atoms with E-state index in [-0.39, 0.29) is 0 Å². The second kappa shape index (κ2) is 6.42. The van der Waals surface area contributed by atoms with Crippen molar-refractivity contribution in [2.75, 3.05) is 7.11 Å². The molecule has 0 aromatic heterocycles. The standard InChI is InChI=1S/C12H15Br2NO/c1-4-8(2)15-7-9-5-10(13)12(16-3)11(14)6-9/h4-6,8,15H,1,7H2,2-3H3. The van der Waals surface area contributed by atoms with Crippen LogP contribution in [0.1, 0.15) is 12.5 Å². The van der Waals surface area contributed by atoms with Gasteiger partial charge in [0.2, 0.25) is 0 Å². The van der Waals surface area contributed by atoms with Gasteiger partial charge in [0.1, 0.15) is 5.75 Å². The molecule has 1 N–H and O–H groups in total. The van der Waals surface area contributed by atoms with Crippen molar-refractivity contribution in [1.82, 2.24) is 5.32 Å². The van der Waals surface area contributed by atoms with Crippen LogP contribution in [0.4, 0.5) is 0 Å². The van der Waals surface area contributed by atoms with Crippen molar-refractivity contribution in [2.45, 2.75) is 19.5 Å². The van der Waals surface area contributed by atoms with Gasteiger partial charge in [0, 0.05) is 12.6 Å². The van der Waals surface area contributed by atoms with Gasteiger partial charge in [-0.1, -0.05) is 6.08 Å². The lowest BCUT2D eigenvalue weighted by atomic mass is 10.2. The SMILES string of the molecule is C=CC(C)NCc1cc(Br)c(OC)c(Br)c1. The van der Waals surface area contributed by atoms with Crippen LogP contribution in [0.25, 0.3) is 0 Å². The highest BCUT2D eigenvalue weighted by Gasteiger charge is 2.07. The van der Waals surface area contributed by atoms with Gasteiger partial charge in [-0.05, 0) is 56.5 Å². The maximum atomic E-state index is 5.25. The summed E-state index contributed by atoms with van der Waals surface area (Å²) in [6.45, 7) is 6.60. The number of methoxy groups -OCH3 is 1. The smallest absolute Gasteiger partial charge is 0.147 e. The molecule has 0 saturated carbocycles. The summed E-state index contributed by atoms with van der Waals surface area (Å²) in [5.74, 6) is 0.820. The Hall–Kier alpha value is -0.320. The molecule has 16 heavy (non-hydrogen) atoms. The molecular weight excluding hydrogens is 334 g/mol. The predicted molar refractivity (Wildman–Crippen MR) is 74.9 cm³/mol. The molecule has 0 radical (unpaired) electrons. The lowest BCUT2D eigenvalue weighted by Gasteiger charge is -2.12. The maximum Gasteiger partial charge on any atom is 0.147 e. The van der Waals surface area contributed by atoms with Crippen molar-refractivity contribution in [2.24, 2.45) is 0 Å². The molecule has 0 aliphatic heterocycles. The number of ether oxygens (including phenoxy) is 1. The van der Waals surface area contributed by atoms with Gasteiger partial charge in [-0.2, -0.15) is 0 Å². The molecule has 1 rings (SSSR count). The Balaban J connectivity index is 2.79. The van der Waals surface area contributed by atoms with Crippen molar-refractivity contribution in [3.05, 3.63) is 39.3 Å². The van der Waals surface area contributed by atoms with Crippen LogP contribution in [0, 0.1) is 0 Å². The molecule has 0 fully saturated rings. The molecule has 1 atom stereocenters. The summed E-state index contributed by atoms with van der Waals surface area (Å²) >= 11 is 6.96. The minimum Gasteiger partial charge on any atom is -0.494 e. The highest BCUT2D eigenvalue weighted by molar-refractivity contribution is 9.11. The third-order valence-electron chi connectivity index (χ3n) is 2.24. The van der Waals surface area contributed by atoms with Gasteiger partial charge in [0.25, 0.3) is 0 Å². The fourth-order valence-corrected chi connectivity index (χ4v) is 2.88. The number of hydrogen-bond donors (Lipinski definition) is 1. The predicted octanol–water partition coefficient (Wildman–Crippen LogP) is 3.88. The van der Waals surface area contributed by atoms with Crippen molar-refractivity contribution in [1.29, 1.82) is 0 Å². The minimum atomic E-state index is 0.305. The summed E-state index contributed by atoms with van der Waals surface area (Å²) in [6.07, 6.45) is 1.88. The van der Waals surface area contributed by atoms with Crippen molar-refractivity contribution in [3.8, 4) is 5.75 Å². The summed E-state index contributed by atoms with van der Waals surface area (Å²) in [5, 5.41) is 3.34. The van der Waals surface area contributed by atoms with Crippen LogP contribution in [0.2, 0.25) is 0 Å². The van der Waals surface area contributed by atoms with Gasteiger partial charge in [-0.15, -0.1) is 6.58 Å². The summed E-state index contributed by atoms with van der Waals surface area (Å²) < 4.78 is 7.15. The lowest BCUT2D eigenvalue weighted by molar-refractivity contribution is 0.409. The van der Waals surface area contributed by atoms with E-state index in [1.54, 1.807) is 7.11 Å².